The maximum atomic E-state index is 9.47. The number of unbranched alkanes of at least 4 members (excludes halogenated alkanes) is 1. The third-order valence-corrected chi connectivity index (χ3v) is 2.13. The van der Waals surface area contributed by atoms with E-state index in [1.165, 1.54) is 0 Å². The minimum atomic E-state index is 0.175. The Kier molecular flexibility index (Phi) is 4.26. The molecule has 0 unspecified atom stereocenters. The third kappa shape index (κ3) is 2.64. The molecule has 1 aromatic carbocycles. The van der Waals surface area contributed by atoms with Crippen molar-refractivity contribution in [2.45, 2.75) is 19.3 Å². The van der Waals surface area contributed by atoms with Crippen molar-refractivity contribution in [2.24, 2.45) is 0 Å². The van der Waals surface area contributed by atoms with Crippen molar-refractivity contribution in [1.29, 1.82) is 0 Å². The molecular formula is C11H16O3. The molecule has 78 valence electrons. The van der Waals surface area contributed by atoms with Gasteiger partial charge in [0.25, 0.3) is 0 Å². The Morgan fingerprint density at radius 1 is 1.29 bits per heavy atom. The Bertz CT molecular complexity index is 284. The largest absolute Gasteiger partial charge is 0.504 e. The summed E-state index contributed by atoms with van der Waals surface area (Å²) in [7, 11) is 1.55. The first-order chi connectivity index (χ1) is 6.79. The van der Waals surface area contributed by atoms with E-state index in [1.807, 2.05) is 6.07 Å². The average molecular weight is 196 g/mol. The van der Waals surface area contributed by atoms with Gasteiger partial charge in [0.15, 0.2) is 11.5 Å². The van der Waals surface area contributed by atoms with Gasteiger partial charge in [-0.15, -0.1) is 0 Å². The van der Waals surface area contributed by atoms with Crippen molar-refractivity contribution in [2.75, 3.05) is 13.7 Å². The lowest BCUT2D eigenvalue weighted by atomic mass is 10.1. The fraction of sp³-hybridized carbons (Fsp3) is 0.455. The third-order valence-electron chi connectivity index (χ3n) is 2.13. The van der Waals surface area contributed by atoms with Gasteiger partial charge in [-0.1, -0.05) is 12.1 Å². The van der Waals surface area contributed by atoms with Crippen LogP contribution in [0.2, 0.25) is 0 Å². The molecule has 1 rings (SSSR count). The Balaban J connectivity index is 2.70. The van der Waals surface area contributed by atoms with Gasteiger partial charge in [-0.25, -0.2) is 0 Å². The number of benzene rings is 1. The van der Waals surface area contributed by atoms with Gasteiger partial charge < -0.3 is 14.9 Å². The molecule has 3 nitrogen and oxygen atoms in total. The predicted octanol–water partition coefficient (Wildman–Crippen LogP) is 1.72. The van der Waals surface area contributed by atoms with Crippen LogP contribution in [0, 0.1) is 0 Å². The van der Waals surface area contributed by atoms with Crippen molar-refractivity contribution in [3.05, 3.63) is 23.8 Å². The van der Waals surface area contributed by atoms with Crippen molar-refractivity contribution in [3.63, 3.8) is 0 Å². The van der Waals surface area contributed by atoms with Gasteiger partial charge in [0, 0.05) is 6.61 Å². The van der Waals surface area contributed by atoms with E-state index in [-0.39, 0.29) is 12.4 Å². The number of ether oxygens (including phenoxy) is 1. The molecular weight excluding hydrogens is 180 g/mol. The van der Waals surface area contributed by atoms with Gasteiger partial charge in [-0.3, -0.25) is 0 Å². The fourth-order valence-corrected chi connectivity index (χ4v) is 1.43. The second-order valence-electron chi connectivity index (χ2n) is 3.15. The summed E-state index contributed by atoms with van der Waals surface area (Å²) in [5.74, 6) is 0.722. The second-order valence-corrected chi connectivity index (χ2v) is 3.15. The average Bonchev–Trinajstić information content (AvgIpc) is 2.18. The molecule has 0 heterocycles. The molecule has 14 heavy (non-hydrogen) atoms. The van der Waals surface area contributed by atoms with Gasteiger partial charge in [0.05, 0.1) is 7.11 Å². The van der Waals surface area contributed by atoms with Crippen LogP contribution in [0.1, 0.15) is 18.4 Å². The van der Waals surface area contributed by atoms with E-state index in [2.05, 4.69) is 0 Å². The minimum absolute atomic E-state index is 0.175. The number of phenolic OH excluding ortho intramolecular Hbond substituents is 1. The quantitative estimate of drug-likeness (QED) is 0.705. The summed E-state index contributed by atoms with van der Waals surface area (Å²) in [5, 5.41) is 18.1. The standard InChI is InChI=1S/C11H16O3/c1-14-11-9(5-2-3-8-12)6-4-7-10(11)13/h4,6-7,12-13H,2-3,5,8H2,1H3. The SMILES string of the molecule is COc1c(O)cccc1CCCCO. The molecule has 2 N–H and O–H groups in total. The summed E-state index contributed by atoms with van der Waals surface area (Å²) >= 11 is 0. The zero-order chi connectivity index (χ0) is 10.4. The van der Waals surface area contributed by atoms with Gasteiger partial charge in [-0.2, -0.15) is 0 Å². The lowest BCUT2D eigenvalue weighted by molar-refractivity contribution is 0.284. The van der Waals surface area contributed by atoms with E-state index in [0.29, 0.717) is 5.75 Å². The van der Waals surface area contributed by atoms with Crippen LogP contribution in [0.15, 0.2) is 18.2 Å². The van der Waals surface area contributed by atoms with Crippen molar-refractivity contribution < 1.29 is 14.9 Å². The van der Waals surface area contributed by atoms with E-state index in [4.69, 9.17) is 9.84 Å². The van der Waals surface area contributed by atoms with Crippen LogP contribution in [-0.2, 0) is 6.42 Å². The number of aliphatic hydroxyl groups is 1. The van der Waals surface area contributed by atoms with E-state index >= 15 is 0 Å². The molecule has 0 aliphatic carbocycles. The first-order valence-corrected chi connectivity index (χ1v) is 4.75. The summed E-state index contributed by atoms with van der Waals surface area (Å²) < 4.78 is 5.09. The highest BCUT2D eigenvalue weighted by atomic mass is 16.5. The minimum Gasteiger partial charge on any atom is -0.504 e. The number of methoxy groups -OCH3 is 1. The second kappa shape index (κ2) is 5.50. The summed E-state index contributed by atoms with van der Waals surface area (Å²) in [5.41, 5.74) is 0.987. The van der Waals surface area contributed by atoms with E-state index in [0.717, 1.165) is 24.8 Å². The summed E-state index contributed by atoms with van der Waals surface area (Å²) in [4.78, 5) is 0. The molecule has 3 heteroatoms. The number of hydrogen-bond acceptors (Lipinski definition) is 3. The highest BCUT2D eigenvalue weighted by molar-refractivity contribution is 5.45. The molecule has 0 fully saturated rings. The molecule has 0 aliphatic heterocycles. The Morgan fingerprint density at radius 3 is 2.71 bits per heavy atom. The van der Waals surface area contributed by atoms with E-state index in [1.54, 1.807) is 19.2 Å². The monoisotopic (exact) mass is 196 g/mol. The van der Waals surface area contributed by atoms with E-state index in [9.17, 15) is 5.11 Å². The van der Waals surface area contributed by atoms with Crippen molar-refractivity contribution in [1.82, 2.24) is 0 Å². The number of hydrogen-bond donors (Lipinski definition) is 2. The summed E-state index contributed by atoms with van der Waals surface area (Å²) in [6, 6.07) is 5.33. The smallest absolute Gasteiger partial charge is 0.163 e. The zero-order valence-electron chi connectivity index (χ0n) is 8.36. The first-order valence-electron chi connectivity index (χ1n) is 4.75. The number of phenols is 1. The normalized spacial score (nSPS) is 10.1. The molecule has 0 spiro atoms. The van der Waals surface area contributed by atoms with Crippen LogP contribution in [0.25, 0.3) is 0 Å². The topological polar surface area (TPSA) is 49.7 Å². The number of rotatable bonds is 5. The lowest BCUT2D eigenvalue weighted by Crippen LogP contribution is -1.94. The molecule has 0 saturated heterocycles. The fourth-order valence-electron chi connectivity index (χ4n) is 1.43. The molecule has 0 radical (unpaired) electrons. The number of aliphatic hydroxyl groups excluding tert-OH is 1. The highest BCUT2D eigenvalue weighted by Crippen LogP contribution is 2.30. The molecule has 0 amide bonds. The molecule has 0 aliphatic rings. The summed E-state index contributed by atoms with van der Waals surface area (Å²) in [6.07, 6.45) is 2.49. The van der Waals surface area contributed by atoms with Crippen LogP contribution in [0.3, 0.4) is 0 Å². The Hall–Kier alpha value is -1.22. The maximum Gasteiger partial charge on any atom is 0.163 e. The lowest BCUT2D eigenvalue weighted by Gasteiger charge is -2.09. The van der Waals surface area contributed by atoms with Crippen LogP contribution in [0.5, 0.6) is 11.5 Å². The zero-order valence-corrected chi connectivity index (χ0v) is 8.36. The van der Waals surface area contributed by atoms with Gasteiger partial charge >= 0.3 is 0 Å². The molecule has 0 bridgehead atoms. The Labute approximate surface area is 84.0 Å². The summed E-state index contributed by atoms with van der Waals surface area (Å²) in [6.45, 7) is 0.209. The molecule has 1 aromatic rings. The van der Waals surface area contributed by atoms with Crippen LogP contribution < -0.4 is 4.74 Å². The van der Waals surface area contributed by atoms with Crippen molar-refractivity contribution in [3.8, 4) is 11.5 Å². The van der Waals surface area contributed by atoms with Gasteiger partial charge in [0.2, 0.25) is 0 Å². The van der Waals surface area contributed by atoms with Gasteiger partial charge in [0.1, 0.15) is 0 Å². The van der Waals surface area contributed by atoms with Crippen LogP contribution >= 0.6 is 0 Å². The highest BCUT2D eigenvalue weighted by Gasteiger charge is 2.06. The number of aromatic hydroxyl groups is 1. The van der Waals surface area contributed by atoms with Crippen molar-refractivity contribution >= 4 is 0 Å². The Morgan fingerprint density at radius 2 is 2.07 bits per heavy atom. The maximum absolute atomic E-state index is 9.47. The van der Waals surface area contributed by atoms with Crippen LogP contribution in [0.4, 0.5) is 0 Å². The molecule has 0 aromatic heterocycles. The number of para-hydroxylation sites is 1. The number of aryl methyl sites for hydroxylation is 1. The first kappa shape index (κ1) is 10.9. The van der Waals surface area contributed by atoms with E-state index < -0.39 is 0 Å². The van der Waals surface area contributed by atoms with Gasteiger partial charge in [-0.05, 0) is 30.9 Å². The van der Waals surface area contributed by atoms with Crippen LogP contribution in [-0.4, -0.2) is 23.9 Å². The molecule has 0 atom stereocenters. The molecule has 0 saturated carbocycles. The predicted molar refractivity (Wildman–Crippen MR) is 54.7 cm³/mol.